The Balaban J connectivity index is 1.31. The Morgan fingerprint density at radius 2 is 1.89 bits per heavy atom. The van der Waals surface area contributed by atoms with E-state index in [1.165, 1.54) is 12.1 Å². The molecule has 3 amide bonds. The van der Waals surface area contributed by atoms with E-state index >= 15 is 0 Å². The molecule has 0 aliphatic carbocycles. The Labute approximate surface area is 254 Å². The van der Waals surface area contributed by atoms with Gasteiger partial charge in [-0.05, 0) is 74.7 Å². The minimum Gasteiger partial charge on any atom is -0.443 e. The fourth-order valence-electron chi connectivity index (χ4n) is 5.90. The molecule has 0 spiro atoms. The maximum Gasteiger partial charge on any atom is 0.414 e. The zero-order chi connectivity index (χ0) is 31.2. The van der Waals surface area contributed by atoms with Crippen LogP contribution in [0.2, 0.25) is 0 Å². The first-order chi connectivity index (χ1) is 21.0. The number of halogens is 1. The quantitative estimate of drug-likeness (QED) is 0.306. The lowest BCUT2D eigenvalue weighted by Gasteiger charge is -2.32. The van der Waals surface area contributed by atoms with E-state index < -0.39 is 17.6 Å². The average Bonchev–Trinajstić information content (AvgIpc) is 3.72. The number of aromatic amines is 1. The third kappa shape index (κ3) is 5.82. The van der Waals surface area contributed by atoms with E-state index in [4.69, 9.17) is 9.84 Å². The Hall–Kier alpha value is -4.93. The van der Waals surface area contributed by atoms with Crippen molar-refractivity contribution >= 4 is 29.3 Å². The van der Waals surface area contributed by atoms with Gasteiger partial charge in [0.15, 0.2) is 5.69 Å². The van der Waals surface area contributed by atoms with Gasteiger partial charge in [-0.1, -0.05) is 25.1 Å². The molecule has 0 radical (unpaired) electrons. The number of hydrogen-bond donors (Lipinski definition) is 2. The molecule has 2 aliphatic heterocycles. The normalized spacial score (nSPS) is 16.0. The van der Waals surface area contributed by atoms with Crippen LogP contribution in [0.3, 0.4) is 0 Å². The molecule has 10 nitrogen and oxygen atoms in total. The molecule has 1 atom stereocenters. The first kappa shape index (κ1) is 29.2. The van der Waals surface area contributed by atoms with Gasteiger partial charge in [0, 0.05) is 42.1 Å². The van der Waals surface area contributed by atoms with E-state index in [-0.39, 0.29) is 29.9 Å². The average molecular weight is 599 g/mol. The fourth-order valence-corrected chi connectivity index (χ4v) is 5.90. The Kier molecular flexibility index (Phi) is 7.48. The van der Waals surface area contributed by atoms with Crippen LogP contribution in [0.4, 0.5) is 20.6 Å². The molecule has 0 saturated heterocycles. The summed E-state index contributed by atoms with van der Waals surface area (Å²) in [6, 6.07) is 15.2. The number of amides is 3. The monoisotopic (exact) mass is 598 g/mol. The number of hydrogen-bond acceptors (Lipinski definition) is 5. The SMILES string of the molecule is CC1CN(C(=O)c2ccc[nH]2)Cc2c(C(=O)Nc3ccc4c(c3)N(C(=O)OC(C)(C)C)CC4)nn(Cc3ccc(F)cc3)c21. The summed E-state index contributed by atoms with van der Waals surface area (Å²) in [5.41, 5.74) is 4.60. The van der Waals surface area contributed by atoms with Crippen LogP contribution in [-0.4, -0.2) is 56.3 Å². The highest BCUT2D eigenvalue weighted by Gasteiger charge is 2.35. The van der Waals surface area contributed by atoms with Crippen LogP contribution in [0.5, 0.6) is 0 Å². The van der Waals surface area contributed by atoms with Gasteiger partial charge in [0.2, 0.25) is 0 Å². The van der Waals surface area contributed by atoms with E-state index in [0.29, 0.717) is 48.7 Å². The molecule has 1 unspecified atom stereocenters. The van der Waals surface area contributed by atoms with Gasteiger partial charge in [-0.3, -0.25) is 19.2 Å². The summed E-state index contributed by atoms with van der Waals surface area (Å²) in [4.78, 5) is 46.3. The standard InChI is InChI=1S/C33H35FN6O4/c1-20-17-38(31(42)26-6-5-14-35-26)19-25-28(37-40(29(20)25)18-21-7-10-23(34)11-8-21)30(41)36-24-12-9-22-13-15-39(27(22)16-24)32(43)44-33(2,3)4/h5-12,14,16,20,35H,13,15,17-19H2,1-4H3,(H,36,41). The van der Waals surface area contributed by atoms with Crippen LogP contribution >= 0.6 is 0 Å². The zero-order valence-corrected chi connectivity index (χ0v) is 25.2. The van der Waals surface area contributed by atoms with Crippen LogP contribution in [0.1, 0.15) is 77.0 Å². The number of carbonyl (C=O) groups is 3. The molecule has 0 bridgehead atoms. The van der Waals surface area contributed by atoms with Gasteiger partial charge in [0.05, 0.1) is 18.8 Å². The van der Waals surface area contributed by atoms with E-state index in [0.717, 1.165) is 16.8 Å². The molecule has 4 heterocycles. The smallest absolute Gasteiger partial charge is 0.414 e. The van der Waals surface area contributed by atoms with Crippen molar-refractivity contribution in [2.24, 2.45) is 0 Å². The lowest BCUT2D eigenvalue weighted by Crippen LogP contribution is -2.38. The molecule has 2 aromatic heterocycles. The molecular weight excluding hydrogens is 563 g/mol. The van der Waals surface area contributed by atoms with Crippen molar-refractivity contribution in [1.29, 1.82) is 0 Å². The maximum absolute atomic E-state index is 13.9. The van der Waals surface area contributed by atoms with Crippen LogP contribution in [0, 0.1) is 5.82 Å². The molecular formula is C33H35FN6O4. The number of H-pyrrole nitrogens is 1. The summed E-state index contributed by atoms with van der Waals surface area (Å²) < 4.78 is 21.0. The highest BCUT2D eigenvalue weighted by molar-refractivity contribution is 6.05. The predicted octanol–water partition coefficient (Wildman–Crippen LogP) is 5.71. The molecule has 228 valence electrons. The van der Waals surface area contributed by atoms with Crippen molar-refractivity contribution in [1.82, 2.24) is 19.7 Å². The summed E-state index contributed by atoms with van der Waals surface area (Å²) in [6.07, 6.45) is 1.95. The third-order valence-electron chi connectivity index (χ3n) is 7.83. The number of ether oxygens (including phenoxy) is 1. The minimum absolute atomic E-state index is 0.116. The fraction of sp³-hybridized carbons (Fsp3) is 0.333. The number of benzene rings is 2. The lowest BCUT2D eigenvalue weighted by molar-refractivity contribution is 0.0583. The van der Waals surface area contributed by atoms with Crippen LogP contribution in [-0.2, 0) is 24.2 Å². The molecule has 2 aliphatic rings. The van der Waals surface area contributed by atoms with Gasteiger partial charge in [0.25, 0.3) is 11.8 Å². The van der Waals surface area contributed by atoms with Gasteiger partial charge in [-0.15, -0.1) is 0 Å². The molecule has 44 heavy (non-hydrogen) atoms. The first-order valence-electron chi connectivity index (χ1n) is 14.7. The second kappa shape index (κ2) is 11.3. The molecule has 6 rings (SSSR count). The largest absolute Gasteiger partial charge is 0.443 e. The molecule has 2 aromatic carbocycles. The van der Waals surface area contributed by atoms with E-state index in [2.05, 4.69) is 10.3 Å². The molecule has 2 N–H and O–H groups in total. The first-order valence-corrected chi connectivity index (χ1v) is 14.7. The number of nitrogens with one attached hydrogen (secondary N) is 2. The predicted molar refractivity (Wildman–Crippen MR) is 163 cm³/mol. The lowest BCUT2D eigenvalue weighted by atomic mass is 9.95. The summed E-state index contributed by atoms with van der Waals surface area (Å²) in [6.45, 7) is 8.96. The number of fused-ring (bicyclic) bond motifs is 2. The Morgan fingerprint density at radius 1 is 1.11 bits per heavy atom. The van der Waals surface area contributed by atoms with Crippen molar-refractivity contribution in [3.63, 3.8) is 0 Å². The van der Waals surface area contributed by atoms with Crippen molar-refractivity contribution in [2.45, 2.75) is 58.7 Å². The second-order valence-corrected chi connectivity index (χ2v) is 12.3. The number of aromatic nitrogens is 3. The Bertz CT molecular complexity index is 1720. The van der Waals surface area contributed by atoms with E-state index in [1.54, 1.807) is 57.1 Å². The second-order valence-electron chi connectivity index (χ2n) is 12.3. The zero-order valence-electron chi connectivity index (χ0n) is 25.2. The number of nitrogens with zero attached hydrogens (tertiary/aromatic N) is 4. The van der Waals surface area contributed by atoms with Gasteiger partial charge < -0.3 is 19.9 Å². The summed E-state index contributed by atoms with van der Waals surface area (Å²) in [5, 5.41) is 7.71. The van der Waals surface area contributed by atoms with Crippen molar-refractivity contribution in [3.8, 4) is 0 Å². The van der Waals surface area contributed by atoms with Gasteiger partial charge in [-0.2, -0.15) is 5.10 Å². The number of rotatable bonds is 5. The third-order valence-corrected chi connectivity index (χ3v) is 7.83. The van der Waals surface area contributed by atoms with E-state index in [1.807, 2.05) is 33.8 Å². The van der Waals surface area contributed by atoms with Gasteiger partial charge in [-0.25, -0.2) is 9.18 Å². The van der Waals surface area contributed by atoms with Gasteiger partial charge >= 0.3 is 6.09 Å². The molecule has 0 fully saturated rings. The summed E-state index contributed by atoms with van der Waals surface area (Å²) >= 11 is 0. The van der Waals surface area contributed by atoms with E-state index in [9.17, 15) is 18.8 Å². The number of carbonyl (C=O) groups excluding carboxylic acids is 3. The highest BCUT2D eigenvalue weighted by Crippen LogP contribution is 2.34. The van der Waals surface area contributed by atoms with Crippen LogP contribution in [0.25, 0.3) is 0 Å². The topological polar surface area (TPSA) is 113 Å². The maximum atomic E-state index is 13.9. The van der Waals surface area contributed by atoms with Gasteiger partial charge in [0.1, 0.15) is 17.1 Å². The minimum atomic E-state index is -0.634. The van der Waals surface area contributed by atoms with Crippen molar-refractivity contribution in [2.75, 3.05) is 23.3 Å². The van der Waals surface area contributed by atoms with Crippen molar-refractivity contribution < 1.29 is 23.5 Å². The van der Waals surface area contributed by atoms with Crippen LogP contribution in [0.15, 0.2) is 60.8 Å². The van der Waals surface area contributed by atoms with Crippen LogP contribution < -0.4 is 10.2 Å². The molecule has 4 aromatic rings. The number of anilines is 2. The Morgan fingerprint density at radius 3 is 2.59 bits per heavy atom. The van der Waals surface area contributed by atoms with Crippen molar-refractivity contribution in [3.05, 3.63) is 100 Å². The molecule has 0 saturated carbocycles. The molecule has 11 heteroatoms. The summed E-state index contributed by atoms with van der Waals surface area (Å²) in [5.74, 6) is -1.04. The highest BCUT2D eigenvalue weighted by atomic mass is 19.1. The summed E-state index contributed by atoms with van der Waals surface area (Å²) in [7, 11) is 0.